The second-order valence-corrected chi connectivity index (χ2v) is 6.05. The van der Waals surface area contributed by atoms with Gasteiger partial charge in [0.2, 0.25) is 5.91 Å². The molecule has 8 heteroatoms. The van der Waals surface area contributed by atoms with Crippen molar-refractivity contribution in [2.75, 3.05) is 12.4 Å². The van der Waals surface area contributed by atoms with Crippen molar-refractivity contribution in [2.24, 2.45) is 0 Å². The standard InChI is InChI=1S/C17H18N6O2/c1-25-13-4-5-18-16(7-13)23-10-11(9-19-23)6-17(24)20-15-8-14(21-22-15)12-2-3-12/h4-5,7-10,12H,2-3,6H2,1H3,(H2,20,21,22,24). The number of methoxy groups -OCH3 is 1. The molecular weight excluding hydrogens is 320 g/mol. The summed E-state index contributed by atoms with van der Waals surface area (Å²) in [5, 5.41) is 14.2. The van der Waals surface area contributed by atoms with E-state index in [9.17, 15) is 4.79 Å². The number of aromatic amines is 1. The average molecular weight is 338 g/mol. The highest BCUT2D eigenvalue weighted by Crippen LogP contribution is 2.39. The lowest BCUT2D eigenvalue weighted by molar-refractivity contribution is -0.115. The topological polar surface area (TPSA) is 97.7 Å². The third-order valence-corrected chi connectivity index (χ3v) is 4.06. The zero-order chi connectivity index (χ0) is 17.2. The molecule has 0 aliphatic heterocycles. The molecule has 0 atom stereocenters. The van der Waals surface area contributed by atoms with Crippen LogP contribution in [-0.4, -0.2) is 38.0 Å². The van der Waals surface area contributed by atoms with Gasteiger partial charge in [-0.15, -0.1) is 0 Å². The van der Waals surface area contributed by atoms with Crippen molar-refractivity contribution < 1.29 is 9.53 Å². The van der Waals surface area contributed by atoms with Crippen molar-refractivity contribution in [1.82, 2.24) is 25.0 Å². The van der Waals surface area contributed by atoms with Crippen LogP contribution in [0.5, 0.6) is 5.75 Å². The summed E-state index contributed by atoms with van der Waals surface area (Å²) >= 11 is 0. The van der Waals surface area contributed by atoms with Crippen molar-refractivity contribution in [1.29, 1.82) is 0 Å². The fourth-order valence-electron chi connectivity index (χ4n) is 2.60. The molecule has 2 N–H and O–H groups in total. The third kappa shape index (κ3) is 3.52. The number of hydrogen-bond donors (Lipinski definition) is 2. The average Bonchev–Trinajstić information content (AvgIpc) is 3.20. The molecule has 1 aliphatic carbocycles. The fourth-order valence-corrected chi connectivity index (χ4v) is 2.60. The van der Waals surface area contributed by atoms with Gasteiger partial charge in [-0.3, -0.25) is 9.89 Å². The Hall–Kier alpha value is -3.16. The molecule has 1 amide bonds. The minimum atomic E-state index is -0.121. The van der Waals surface area contributed by atoms with Crippen LogP contribution >= 0.6 is 0 Å². The van der Waals surface area contributed by atoms with Crippen molar-refractivity contribution >= 4 is 11.7 Å². The maximum atomic E-state index is 12.2. The number of amides is 1. The molecule has 25 heavy (non-hydrogen) atoms. The largest absolute Gasteiger partial charge is 0.497 e. The zero-order valence-electron chi connectivity index (χ0n) is 13.8. The summed E-state index contributed by atoms with van der Waals surface area (Å²) in [6.45, 7) is 0. The van der Waals surface area contributed by atoms with Crippen LogP contribution in [0.2, 0.25) is 0 Å². The van der Waals surface area contributed by atoms with Gasteiger partial charge < -0.3 is 10.1 Å². The van der Waals surface area contributed by atoms with E-state index in [2.05, 4.69) is 25.6 Å². The normalized spacial score (nSPS) is 13.6. The van der Waals surface area contributed by atoms with Gasteiger partial charge in [-0.25, -0.2) is 9.67 Å². The zero-order valence-corrected chi connectivity index (χ0v) is 13.8. The highest BCUT2D eigenvalue weighted by Gasteiger charge is 2.26. The monoisotopic (exact) mass is 338 g/mol. The molecule has 3 aromatic heterocycles. The molecular formula is C17H18N6O2. The van der Waals surface area contributed by atoms with Crippen LogP contribution in [0, 0.1) is 0 Å². The molecule has 0 bridgehead atoms. The number of rotatable bonds is 6. The Morgan fingerprint density at radius 2 is 2.32 bits per heavy atom. The van der Waals surface area contributed by atoms with E-state index >= 15 is 0 Å². The Morgan fingerprint density at radius 3 is 3.12 bits per heavy atom. The van der Waals surface area contributed by atoms with Gasteiger partial charge >= 0.3 is 0 Å². The van der Waals surface area contributed by atoms with Gasteiger partial charge in [0.25, 0.3) is 0 Å². The Balaban J connectivity index is 1.40. The maximum absolute atomic E-state index is 12.2. The minimum Gasteiger partial charge on any atom is -0.497 e. The molecule has 128 valence electrons. The van der Waals surface area contributed by atoms with Gasteiger partial charge in [-0.05, 0) is 24.5 Å². The Labute approximate surface area is 144 Å². The Bertz CT molecular complexity index is 896. The van der Waals surface area contributed by atoms with Crippen LogP contribution in [-0.2, 0) is 11.2 Å². The second kappa shape index (κ2) is 6.39. The number of ether oxygens (including phenoxy) is 1. The van der Waals surface area contributed by atoms with Crippen molar-refractivity contribution in [3.05, 3.63) is 48.0 Å². The van der Waals surface area contributed by atoms with E-state index < -0.39 is 0 Å². The van der Waals surface area contributed by atoms with Crippen molar-refractivity contribution in [3.8, 4) is 11.6 Å². The number of carbonyl (C=O) groups is 1. The third-order valence-electron chi connectivity index (χ3n) is 4.06. The Morgan fingerprint density at radius 1 is 1.44 bits per heavy atom. The molecule has 1 fully saturated rings. The lowest BCUT2D eigenvalue weighted by atomic mass is 10.2. The molecule has 8 nitrogen and oxygen atoms in total. The highest BCUT2D eigenvalue weighted by molar-refractivity contribution is 5.91. The summed E-state index contributed by atoms with van der Waals surface area (Å²) in [7, 11) is 1.60. The van der Waals surface area contributed by atoms with Gasteiger partial charge in [0.15, 0.2) is 5.82 Å². The SMILES string of the molecule is COc1ccnc(-n2cc(CC(=O)Nc3cc(C4CC4)n[nH]3)cn2)c1. The van der Waals surface area contributed by atoms with Gasteiger partial charge in [0.05, 0.1) is 25.4 Å². The first-order valence-corrected chi connectivity index (χ1v) is 8.10. The number of aromatic nitrogens is 5. The maximum Gasteiger partial charge on any atom is 0.230 e. The smallest absolute Gasteiger partial charge is 0.230 e. The fraction of sp³-hybridized carbons (Fsp3) is 0.294. The summed E-state index contributed by atoms with van der Waals surface area (Å²) < 4.78 is 6.80. The van der Waals surface area contributed by atoms with E-state index in [4.69, 9.17) is 4.74 Å². The predicted molar refractivity (Wildman–Crippen MR) is 90.8 cm³/mol. The summed E-state index contributed by atoms with van der Waals surface area (Å²) in [5.74, 6) is 2.40. The number of anilines is 1. The van der Waals surface area contributed by atoms with E-state index in [1.54, 1.807) is 42.5 Å². The van der Waals surface area contributed by atoms with Gasteiger partial charge in [-0.2, -0.15) is 10.2 Å². The van der Waals surface area contributed by atoms with Crippen LogP contribution in [0.3, 0.4) is 0 Å². The number of hydrogen-bond acceptors (Lipinski definition) is 5. The van der Waals surface area contributed by atoms with Crippen LogP contribution in [0.15, 0.2) is 36.8 Å². The first kappa shape index (κ1) is 15.4. The van der Waals surface area contributed by atoms with E-state index in [1.807, 2.05) is 6.07 Å². The molecule has 4 rings (SSSR count). The number of pyridine rings is 1. The minimum absolute atomic E-state index is 0.121. The molecule has 0 spiro atoms. The van der Waals surface area contributed by atoms with E-state index in [-0.39, 0.29) is 12.3 Å². The molecule has 1 aliphatic rings. The van der Waals surface area contributed by atoms with Gasteiger partial charge in [0, 0.05) is 30.4 Å². The van der Waals surface area contributed by atoms with Gasteiger partial charge in [0.1, 0.15) is 11.6 Å². The Kier molecular flexibility index (Phi) is 3.93. The van der Waals surface area contributed by atoms with E-state index in [1.165, 1.54) is 12.8 Å². The van der Waals surface area contributed by atoms with E-state index in [0.717, 1.165) is 11.3 Å². The van der Waals surface area contributed by atoms with Gasteiger partial charge in [-0.1, -0.05) is 0 Å². The first-order chi connectivity index (χ1) is 12.2. The number of carbonyl (C=O) groups excluding carboxylic acids is 1. The molecule has 3 heterocycles. The van der Waals surface area contributed by atoms with E-state index in [0.29, 0.717) is 23.3 Å². The summed E-state index contributed by atoms with van der Waals surface area (Å²) in [6.07, 6.45) is 7.67. The summed E-state index contributed by atoms with van der Waals surface area (Å²) in [4.78, 5) is 16.4. The summed E-state index contributed by atoms with van der Waals surface area (Å²) in [5.41, 5.74) is 1.82. The number of H-pyrrole nitrogens is 1. The predicted octanol–water partition coefficient (Wildman–Crippen LogP) is 2.06. The van der Waals surface area contributed by atoms with Crippen LogP contribution in [0.25, 0.3) is 5.82 Å². The van der Waals surface area contributed by atoms with Crippen molar-refractivity contribution in [2.45, 2.75) is 25.2 Å². The molecule has 1 saturated carbocycles. The van der Waals surface area contributed by atoms with Crippen LogP contribution in [0.4, 0.5) is 5.82 Å². The molecule has 0 saturated heterocycles. The molecule has 3 aromatic rings. The molecule has 0 unspecified atom stereocenters. The molecule has 0 radical (unpaired) electrons. The highest BCUT2D eigenvalue weighted by atomic mass is 16.5. The molecule has 0 aromatic carbocycles. The lowest BCUT2D eigenvalue weighted by Gasteiger charge is -2.03. The quantitative estimate of drug-likeness (QED) is 0.717. The lowest BCUT2D eigenvalue weighted by Crippen LogP contribution is -2.14. The van der Waals surface area contributed by atoms with Crippen LogP contribution in [0.1, 0.15) is 30.0 Å². The first-order valence-electron chi connectivity index (χ1n) is 8.10. The second-order valence-electron chi connectivity index (χ2n) is 6.05. The number of nitrogens with zero attached hydrogens (tertiary/aromatic N) is 4. The summed E-state index contributed by atoms with van der Waals surface area (Å²) in [6, 6.07) is 5.45. The van der Waals surface area contributed by atoms with Crippen LogP contribution < -0.4 is 10.1 Å². The van der Waals surface area contributed by atoms with Crippen molar-refractivity contribution in [3.63, 3.8) is 0 Å². The number of nitrogens with one attached hydrogen (secondary N) is 2.